The van der Waals surface area contributed by atoms with E-state index in [0.29, 0.717) is 18.8 Å². The van der Waals surface area contributed by atoms with Crippen LogP contribution in [0.5, 0.6) is 0 Å². The molecule has 0 spiro atoms. The fraction of sp³-hybridized carbons (Fsp3) is 0.417. The Hall–Kier alpha value is -1.67. The number of rotatable bonds is 2. The molecule has 1 fully saturated rings. The quantitative estimate of drug-likeness (QED) is 0.883. The third-order valence-electron chi connectivity index (χ3n) is 3.09. The van der Waals surface area contributed by atoms with Crippen molar-refractivity contribution in [3.63, 3.8) is 0 Å². The molecule has 8 heteroatoms. The number of benzene rings is 1. The SMILES string of the molecule is CS(=O)(=O)N1CCN(C(=O)Nc2ccc(F)cc2)CC1. The monoisotopic (exact) mass is 301 g/mol. The van der Waals surface area contributed by atoms with E-state index in [1.54, 1.807) is 0 Å². The summed E-state index contributed by atoms with van der Waals surface area (Å²) < 4.78 is 36.8. The molecule has 1 aromatic rings. The lowest BCUT2D eigenvalue weighted by atomic mass is 10.3. The van der Waals surface area contributed by atoms with Crippen LogP contribution in [0.1, 0.15) is 0 Å². The van der Waals surface area contributed by atoms with Crippen LogP contribution < -0.4 is 5.32 Å². The standard InChI is InChI=1S/C12H16FN3O3S/c1-20(18,19)16-8-6-15(7-9-16)12(17)14-11-4-2-10(13)3-5-11/h2-5H,6-9H2,1H3,(H,14,17). The Morgan fingerprint density at radius 3 is 2.20 bits per heavy atom. The maximum Gasteiger partial charge on any atom is 0.321 e. The number of anilines is 1. The zero-order chi connectivity index (χ0) is 14.8. The highest BCUT2D eigenvalue weighted by Gasteiger charge is 2.25. The second kappa shape index (κ2) is 5.76. The molecule has 1 N–H and O–H groups in total. The number of hydrogen-bond acceptors (Lipinski definition) is 3. The maximum atomic E-state index is 12.7. The minimum absolute atomic E-state index is 0.287. The first-order valence-electron chi connectivity index (χ1n) is 6.13. The highest BCUT2D eigenvalue weighted by Crippen LogP contribution is 2.11. The number of sulfonamides is 1. The second-order valence-corrected chi connectivity index (χ2v) is 6.57. The van der Waals surface area contributed by atoms with Crippen LogP contribution in [0, 0.1) is 5.82 Å². The van der Waals surface area contributed by atoms with Crippen molar-refractivity contribution in [2.75, 3.05) is 37.8 Å². The van der Waals surface area contributed by atoms with Crippen LogP contribution in [-0.4, -0.2) is 56.1 Å². The van der Waals surface area contributed by atoms with E-state index in [9.17, 15) is 17.6 Å². The van der Waals surface area contributed by atoms with Crippen molar-refractivity contribution in [2.45, 2.75) is 0 Å². The first-order chi connectivity index (χ1) is 9.36. The van der Waals surface area contributed by atoms with Crippen molar-refractivity contribution in [1.82, 2.24) is 9.21 Å². The van der Waals surface area contributed by atoms with Gasteiger partial charge in [-0.15, -0.1) is 0 Å². The molecule has 1 aromatic carbocycles. The molecular formula is C12H16FN3O3S. The lowest BCUT2D eigenvalue weighted by Crippen LogP contribution is -2.51. The van der Waals surface area contributed by atoms with Gasteiger partial charge in [-0.2, -0.15) is 4.31 Å². The molecule has 0 saturated carbocycles. The van der Waals surface area contributed by atoms with Crippen molar-refractivity contribution >= 4 is 21.7 Å². The van der Waals surface area contributed by atoms with Gasteiger partial charge in [-0.05, 0) is 24.3 Å². The van der Waals surface area contributed by atoms with Gasteiger partial charge in [-0.1, -0.05) is 0 Å². The van der Waals surface area contributed by atoms with E-state index in [-0.39, 0.29) is 24.9 Å². The molecule has 2 amide bonds. The van der Waals surface area contributed by atoms with E-state index in [2.05, 4.69) is 5.32 Å². The molecule has 1 saturated heterocycles. The van der Waals surface area contributed by atoms with Crippen molar-refractivity contribution in [3.05, 3.63) is 30.1 Å². The Labute approximate surface area is 117 Å². The summed E-state index contributed by atoms with van der Waals surface area (Å²) in [4.78, 5) is 13.5. The number of hydrogen-bond donors (Lipinski definition) is 1. The van der Waals surface area contributed by atoms with Gasteiger partial charge in [0.1, 0.15) is 5.82 Å². The van der Waals surface area contributed by atoms with Gasteiger partial charge < -0.3 is 10.2 Å². The molecule has 20 heavy (non-hydrogen) atoms. The smallest absolute Gasteiger partial charge is 0.321 e. The van der Waals surface area contributed by atoms with Gasteiger partial charge >= 0.3 is 6.03 Å². The first kappa shape index (κ1) is 14.7. The van der Waals surface area contributed by atoms with E-state index in [1.807, 2.05) is 0 Å². The third-order valence-corrected chi connectivity index (χ3v) is 4.39. The normalized spacial score (nSPS) is 17.0. The van der Waals surface area contributed by atoms with E-state index >= 15 is 0 Å². The Bertz CT molecular complexity index is 580. The molecule has 1 aliphatic heterocycles. The lowest BCUT2D eigenvalue weighted by molar-refractivity contribution is 0.184. The maximum absolute atomic E-state index is 12.7. The van der Waals surface area contributed by atoms with Crippen LogP contribution in [0.15, 0.2) is 24.3 Å². The zero-order valence-electron chi connectivity index (χ0n) is 11.0. The molecule has 0 aliphatic carbocycles. The molecule has 110 valence electrons. The Morgan fingerprint density at radius 1 is 1.15 bits per heavy atom. The Kier molecular flexibility index (Phi) is 4.24. The molecule has 0 atom stereocenters. The molecule has 1 heterocycles. The Balaban J connectivity index is 1.90. The van der Waals surface area contributed by atoms with Gasteiger partial charge in [0.25, 0.3) is 0 Å². The third kappa shape index (κ3) is 3.67. The zero-order valence-corrected chi connectivity index (χ0v) is 11.9. The number of piperazine rings is 1. The summed E-state index contributed by atoms with van der Waals surface area (Å²) in [5.74, 6) is -0.371. The largest absolute Gasteiger partial charge is 0.322 e. The molecule has 1 aliphatic rings. The number of halogens is 1. The fourth-order valence-electron chi connectivity index (χ4n) is 1.96. The van der Waals surface area contributed by atoms with Gasteiger partial charge in [0.2, 0.25) is 10.0 Å². The Morgan fingerprint density at radius 2 is 1.70 bits per heavy atom. The first-order valence-corrected chi connectivity index (χ1v) is 7.98. The number of nitrogens with zero attached hydrogens (tertiary/aromatic N) is 2. The van der Waals surface area contributed by atoms with Crippen LogP contribution in [0.2, 0.25) is 0 Å². The molecule has 2 rings (SSSR count). The molecule has 6 nitrogen and oxygen atoms in total. The van der Waals surface area contributed by atoms with E-state index in [0.717, 1.165) is 6.26 Å². The van der Waals surface area contributed by atoms with E-state index < -0.39 is 10.0 Å². The van der Waals surface area contributed by atoms with Crippen molar-refractivity contribution in [3.8, 4) is 0 Å². The average molecular weight is 301 g/mol. The van der Waals surface area contributed by atoms with Gasteiger partial charge in [0.15, 0.2) is 0 Å². The number of carbonyl (C=O) groups is 1. The number of amides is 2. The predicted octanol–water partition coefficient (Wildman–Crippen LogP) is 0.935. The molecular weight excluding hydrogens is 285 g/mol. The van der Waals surface area contributed by atoms with Gasteiger partial charge in [0, 0.05) is 31.9 Å². The highest BCUT2D eigenvalue weighted by atomic mass is 32.2. The molecule has 0 radical (unpaired) electrons. The highest BCUT2D eigenvalue weighted by molar-refractivity contribution is 7.88. The van der Waals surface area contributed by atoms with E-state index in [1.165, 1.54) is 33.5 Å². The lowest BCUT2D eigenvalue weighted by Gasteiger charge is -2.33. The van der Waals surface area contributed by atoms with Crippen molar-refractivity contribution in [2.24, 2.45) is 0 Å². The summed E-state index contributed by atoms with van der Waals surface area (Å²) >= 11 is 0. The number of urea groups is 1. The van der Waals surface area contributed by atoms with Crippen LogP contribution in [0.25, 0.3) is 0 Å². The minimum atomic E-state index is -3.21. The van der Waals surface area contributed by atoms with Crippen molar-refractivity contribution in [1.29, 1.82) is 0 Å². The van der Waals surface area contributed by atoms with Gasteiger partial charge in [-0.25, -0.2) is 17.6 Å². The molecule has 0 unspecified atom stereocenters. The predicted molar refractivity (Wildman–Crippen MR) is 73.4 cm³/mol. The summed E-state index contributed by atoms with van der Waals surface area (Å²) in [6.07, 6.45) is 1.15. The van der Waals surface area contributed by atoms with Crippen LogP contribution in [0.3, 0.4) is 0 Å². The summed E-state index contributed by atoms with van der Waals surface area (Å²) in [6, 6.07) is 5.15. The van der Waals surface area contributed by atoms with E-state index in [4.69, 9.17) is 0 Å². The average Bonchev–Trinajstić information content (AvgIpc) is 2.40. The molecule has 0 aromatic heterocycles. The van der Waals surface area contributed by atoms with Crippen molar-refractivity contribution < 1.29 is 17.6 Å². The summed E-state index contributed by atoms with van der Waals surface area (Å²) in [7, 11) is -3.21. The number of carbonyl (C=O) groups excluding carboxylic acids is 1. The number of nitrogens with one attached hydrogen (secondary N) is 1. The summed E-state index contributed by atoms with van der Waals surface area (Å²) in [6.45, 7) is 1.24. The van der Waals surface area contributed by atoms with Gasteiger partial charge in [0.05, 0.1) is 6.26 Å². The van der Waals surface area contributed by atoms with Gasteiger partial charge in [-0.3, -0.25) is 0 Å². The summed E-state index contributed by atoms with van der Waals surface area (Å²) in [5, 5.41) is 2.64. The second-order valence-electron chi connectivity index (χ2n) is 4.59. The van der Waals surface area contributed by atoms with Crippen LogP contribution >= 0.6 is 0 Å². The summed E-state index contributed by atoms with van der Waals surface area (Å²) in [5.41, 5.74) is 0.502. The molecule has 0 bridgehead atoms. The fourth-order valence-corrected chi connectivity index (χ4v) is 2.79. The van der Waals surface area contributed by atoms with Crippen LogP contribution in [-0.2, 0) is 10.0 Å². The van der Waals surface area contributed by atoms with Crippen LogP contribution in [0.4, 0.5) is 14.9 Å². The topological polar surface area (TPSA) is 69.7 Å². The minimum Gasteiger partial charge on any atom is -0.322 e.